The first kappa shape index (κ1) is 19.1. The summed E-state index contributed by atoms with van der Waals surface area (Å²) >= 11 is 1.46. The van der Waals surface area contributed by atoms with Crippen LogP contribution < -0.4 is 10.9 Å². The van der Waals surface area contributed by atoms with Crippen LogP contribution in [-0.4, -0.2) is 15.5 Å². The van der Waals surface area contributed by atoms with Crippen LogP contribution >= 0.6 is 11.3 Å². The summed E-state index contributed by atoms with van der Waals surface area (Å²) in [6.45, 7) is 2.81. The fourth-order valence-corrected chi connectivity index (χ4v) is 4.09. The lowest BCUT2D eigenvalue weighted by Gasteiger charge is -2.08. The molecule has 146 valence electrons. The number of aromatic nitrogens is 2. The summed E-state index contributed by atoms with van der Waals surface area (Å²) in [5, 5.41) is 5.48. The van der Waals surface area contributed by atoms with Crippen molar-refractivity contribution in [1.82, 2.24) is 14.9 Å². The molecule has 4 aromatic rings. The van der Waals surface area contributed by atoms with Crippen LogP contribution in [0.4, 0.5) is 0 Å². The van der Waals surface area contributed by atoms with Crippen molar-refractivity contribution < 1.29 is 4.79 Å². The predicted octanol–water partition coefficient (Wildman–Crippen LogP) is 4.14. The molecule has 0 aliphatic heterocycles. The molecule has 0 aliphatic rings. The second-order valence-corrected chi connectivity index (χ2v) is 7.81. The fraction of sp³-hybridized carbons (Fsp3) is 0.174. The molecule has 0 unspecified atom stereocenters. The summed E-state index contributed by atoms with van der Waals surface area (Å²) < 4.78 is 1.52. The van der Waals surface area contributed by atoms with Gasteiger partial charge in [0.2, 0.25) is 5.91 Å². The summed E-state index contributed by atoms with van der Waals surface area (Å²) in [5.41, 5.74) is 4.00. The summed E-state index contributed by atoms with van der Waals surface area (Å²) in [6.07, 6.45) is 1.76. The zero-order valence-corrected chi connectivity index (χ0v) is 16.9. The molecule has 6 heteroatoms. The maximum atomic E-state index is 13.0. The van der Waals surface area contributed by atoms with Crippen molar-refractivity contribution in [1.29, 1.82) is 0 Å². The molecule has 4 rings (SSSR count). The number of benzene rings is 2. The molecule has 0 spiro atoms. The van der Waals surface area contributed by atoms with Crippen molar-refractivity contribution in [3.8, 4) is 11.1 Å². The summed E-state index contributed by atoms with van der Waals surface area (Å²) in [7, 11) is 0. The number of amides is 1. The lowest BCUT2D eigenvalue weighted by Crippen LogP contribution is -2.27. The van der Waals surface area contributed by atoms with Crippen LogP contribution in [0.5, 0.6) is 0 Å². The second kappa shape index (κ2) is 8.41. The number of hydrogen-bond acceptors (Lipinski definition) is 4. The topological polar surface area (TPSA) is 64.0 Å². The summed E-state index contributed by atoms with van der Waals surface area (Å²) in [4.78, 5) is 30.4. The number of rotatable bonds is 6. The van der Waals surface area contributed by atoms with Crippen LogP contribution in [0.1, 0.15) is 17.5 Å². The van der Waals surface area contributed by atoms with E-state index >= 15 is 0 Å². The molecular formula is C23H21N3O2S. The maximum absolute atomic E-state index is 13.0. The van der Waals surface area contributed by atoms with Gasteiger partial charge in [-0.3, -0.25) is 14.2 Å². The number of nitrogens with zero attached hydrogens (tertiary/aromatic N) is 2. The molecule has 2 heterocycles. The second-order valence-electron chi connectivity index (χ2n) is 6.95. The van der Waals surface area contributed by atoms with Crippen LogP contribution in [0.15, 0.2) is 71.1 Å². The molecule has 1 N–H and O–H groups in total. The van der Waals surface area contributed by atoms with Gasteiger partial charge in [-0.2, -0.15) is 0 Å². The molecule has 0 atom stereocenters. The van der Waals surface area contributed by atoms with E-state index in [0.29, 0.717) is 18.5 Å². The summed E-state index contributed by atoms with van der Waals surface area (Å²) in [5.74, 6) is -0.0927. The van der Waals surface area contributed by atoms with Gasteiger partial charge in [0.25, 0.3) is 5.56 Å². The van der Waals surface area contributed by atoms with Gasteiger partial charge >= 0.3 is 0 Å². The highest BCUT2D eigenvalue weighted by Crippen LogP contribution is 2.30. The van der Waals surface area contributed by atoms with E-state index in [-0.39, 0.29) is 17.9 Å². The number of carbonyl (C=O) groups is 1. The van der Waals surface area contributed by atoms with Crippen molar-refractivity contribution >= 4 is 27.5 Å². The largest absolute Gasteiger partial charge is 0.352 e. The Morgan fingerprint density at radius 3 is 2.62 bits per heavy atom. The minimum atomic E-state index is -0.109. The van der Waals surface area contributed by atoms with Gasteiger partial charge in [0.15, 0.2) is 0 Å². The maximum Gasteiger partial charge on any atom is 0.262 e. The Bertz CT molecular complexity index is 1190. The third-order valence-electron chi connectivity index (χ3n) is 4.84. The molecule has 29 heavy (non-hydrogen) atoms. The summed E-state index contributed by atoms with van der Waals surface area (Å²) in [6, 6.07) is 17.8. The first-order valence-corrected chi connectivity index (χ1v) is 10.3. The third-order valence-corrected chi connectivity index (χ3v) is 5.72. The zero-order chi connectivity index (χ0) is 20.2. The van der Waals surface area contributed by atoms with Gasteiger partial charge in [-0.25, -0.2) is 4.98 Å². The van der Waals surface area contributed by atoms with Gasteiger partial charge < -0.3 is 5.32 Å². The number of carbonyl (C=O) groups excluding carboxylic acids is 1. The van der Waals surface area contributed by atoms with E-state index in [1.54, 1.807) is 0 Å². The average molecular weight is 404 g/mol. The first-order valence-electron chi connectivity index (χ1n) is 9.46. The minimum absolute atomic E-state index is 0.0927. The molecule has 0 aliphatic carbocycles. The highest BCUT2D eigenvalue weighted by Gasteiger charge is 2.14. The Morgan fingerprint density at radius 1 is 1.10 bits per heavy atom. The monoisotopic (exact) mass is 403 g/mol. The Kier molecular flexibility index (Phi) is 5.53. The van der Waals surface area contributed by atoms with Gasteiger partial charge in [0, 0.05) is 30.5 Å². The van der Waals surface area contributed by atoms with E-state index in [4.69, 9.17) is 0 Å². The van der Waals surface area contributed by atoms with Crippen molar-refractivity contribution in [3.63, 3.8) is 0 Å². The lowest BCUT2D eigenvalue weighted by atomic mass is 10.1. The van der Waals surface area contributed by atoms with E-state index in [0.717, 1.165) is 21.5 Å². The minimum Gasteiger partial charge on any atom is -0.352 e. The molecule has 0 radical (unpaired) electrons. The van der Waals surface area contributed by atoms with Crippen LogP contribution in [-0.2, 0) is 17.9 Å². The van der Waals surface area contributed by atoms with Crippen LogP contribution in [0.3, 0.4) is 0 Å². The highest BCUT2D eigenvalue weighted by atomic mass is 32.1. The van der Waals surface area contributed by atoms with Gasteiger partial charge in [-0.1, -0.05) is 60.2 Å². The van der Waals surface area contributed by atoms with E-state index in [1.807, 2.05) is 66.9 Å². The molecule has 1 amide bonds. The molecule has 5 nitrogen and oxygen atoms in total. The van der Waals surface area contributed by atoms with Crippen LogP contribution in [0.25, 0.3) is 21.3 Å². The standard InChI is InChI=1S/C23H21N3O2S/c1-16-7-9-18(10-8-16)19-14-29-22-21(19)23(28)26(15-25-22)12-11-20(27)24-13-17-5-3-2-4-6-17/h2-10,14-15H,11-13H2,1H3,(H,24,27). The van der Waals surface area contributed by atoms with Crippen molar-refractivity contribution in [2.24, 2.45) is 0 Å². The van der Waals surface area contributed by atoms with Crippen molar-refractivity contribution in [2.75, 3.05) is 0 Å². The fourth-order valence-electron chi connectivity index (χ4n) is 3.18. The number of fused-ring (bicyclic) bond motifs is 1. The van der Waals surface area contributed by atoms with E-state index < -0.39 is 0 Å². The number of hydrogen-bond donors (Lipinski definition) is 1. The number of nitrogens with one attached hydrogen (secondary N) is 1. The molecule has 2 aromatic carbocycles. The zero-order valence-electron chi connectivity index (χ0n) is 16.1. The Labute approximate surface area is 172 Å². The number of thiophene rings is 1. The Balaban J connectivity index is 1.50. The van der Waals surface area contributed by atoms with Crippen LogP contribution in [0, 0.1) is 6.92 Å². The molecule has 0 saturated carbocycles. The normalized spacial score (nSPS) is 10.9. The van der Waals surface area contributed by atoms with Gasteiger partial charge in [0.05, 0.1) is 11.7 Å². The number of aryl methyl sites for hydroxylation is 2. The molecular weight excluding hydrogens is 382 g/mol. The SMILES string of the molecule is Cc1ccc(-c2csc3ncn(CCC(=O)NCc4ccccc4)c(=O)c23)cc1. The molecule has 0 fully saturated rings. The van der Waals surface area contributed by atoms with E-state index in [2.05, 4.69) is 10.3 Å². The van der Waals surface area contributed by atoms with Crippen molar-refractivity contribution in [3.05, 3.63) is 87.8 Å². The van der Waals surface area contributed by atoms with E-state index in [1.165, 1.54) is 27.8 Å². The first-order chi connectivity index (χ1) is 14.1. The van der Waals surface area contributed by atoms with Crippen molar-refractivity contribution in [2.45, 2.75) is 26.4 Å². The average Bonchev–Trinajstić information content (AvgIpc) is 3.18. The molecule has 0 saturated heterocycles. The smallest absolute Gasteiger partial charge is 0.262 e. The van der Waals surface area contributed by atoms with Gasteiger partial charge in [-0.15, -0.1) is 11.3 Å². The highest BCUT2D eigenvalue weighted by molar-refractivity contribution is 7.17. The van der Waals surface area contributed by atoms with Crippen LogP contribution in [0.2, 0.25) is 0 Å². The van der Waals surface area contributed by atoms with Gasteiger partial charge in [-0.05, 0) is 18.1 Å². The predicted molar refractivity (Wildman–Crippen MR) is 117 cm³/mol. The quantitative estimate of drug-likeness (QED) is 0.526. The molecule has 0 bridgehead atoms. The Morgan fingerprint density at radius 2 is 1.86 bits per heavy atom. The lowest BCUT2D eigenvalue weighted by molar-refractivity contribution is -0.121. The van der Waals surface area contributed by atoms with Gasteiger partial charge in [0.1, 0.15) is 4.83 Å². The molecule has 2 aromatic heterocycles. The third kappa shape index (κ3) is 4.27. The Hall–Kier alpha value is -3.25. The van der Waals surface area contributed by atoms with E-state index in [9.17, 15) is 9.59 Å².